The Morgan fingerprint density at radius 2 is 1.56 bits per heavy atom. The Bertz CT molecular complexity index is 683. The summed E-state index contributed by atoms with van der Waals surface area (Å²) in [5.41, 5.74) is 6.80. The second kappa shape index (κ2) is 8.80. The second-order valence-electron chi connectivity index (χ2n) is 8.16. The van der Waals surface area contributed by atoms with Gasteiger partial charge in [0.2, 0.25) is 0 Å². The highest BCUT2D eigenvalue weighted by Gasteiger charge is 2.27. The third kappa shape index (κ3) is 4.82. The number of rotatable bonds is 8. The predicted molar refractivity (Wildman–Crippen MR) is 115 cm³/mol. The molecular weight excluding hydrogens is 318 g/mol. The zero-order valence-electron chi connectivity index (χ0n) is 17.1. The van der Waals surface area contributed by atoms with Crippen molar-refractivity contribution in [2.45, 2.75) is 78.9 Å². The highest BCUT2D eigenvalue weighted by Crippen LogP contribution is 2.26. The molecule has 2 aromatic rings. The topological polar surface area (TPSA) is 12.9 Å². The molecule has 1 aromatic heterocycles. The van der Waals surface area contributed by atoms with Crippen LogP contribution >= 0.6 is 0 Å². The van der Waals surface area contributed by atoms with Gasteiger partial charge in [-0.25, -0.2) is 0 Å². The first-order valence-electron chi connectivity index (χ1n) is 9.98. The zero-order valence-corrected chi connectivity index (χ0v) is 18.1. The minimum absolute atomic E-state index is 1.07. The predicted octanol–water partition coefficient (Wildman–Crippen LogP) is 6.29. The number of aromatic nitrogens is 1. The van der Waals surface area contributed by atoms with Gasteiger partial charge in [-0.2, -0.15) is 0 Å². The van der Waals surface area contributed by atoms with Gasteiger partial charge < -0.3 is 0 Å². The van der Waals surface area contributed by atoms with Gasteiger partial charge in [0.1, 0.15) is 0 Å². The van der Waals surface area contributed by atoms with E-state index in [-0.39, 0.29) is 0 Å². The molecule has 0 unspecified atom stereocenters. The van der Waals surface area contributed by atoms with Crippen LogP contribution in [0.3, 0.4) is 0 Å². The van der Waals surface area contributed by atoms with Gasteiger partial charge in [0, 0.05) is 11.3 Å². The summed E-state index contributed by atoms with van der Waals surface area (Å²) in [5, 5.41) is 1.68. The Balaban J connectivity index is 2.58. The van der Waals surface area contributed by atoms with Crippen LogP contribution in [0.2, 0.25) is 19.6 Å². The summed E-state index contributed by atoms with van der Waals surface area (Å²) in [4.78, 5) is 5.11. The lowest BCUT2D eigenvalue weighted by atomic mass is 9.97. The van der Waals surface area contributed by atoms with Crippen molar-refractivity contribution in [1.82, 2.24) is 4.98 Å². The van der Waals surface area contributed by atoms with Gasteiger partial charge >= 0.3 is 0 Å². The summed E-state index contributed by atoms with van der Waals surface area (Å²) in [6, 6.07) is 10.7. The van der Waals surface area contributed by atoms with Crippen molar-refractivity contribution in [3.63, 3.8) is 0 Å². The maximum absolute atomic E-state index is 5.11. The number of pyridine rings is 1. The lowest BCUT2D eigenvalue weighted by Gasteiger charge is -2.28. The molecule has 0 aliphatic rings. The average Bonchev–Trinajstić information content (AvgIpc) is 2.58. The Hall–Kier alpha value is -1.41. The summed E-state index contributed by atoms with van der Waals surface area (Å²) in [7, 11) is -1.45. The first kappa shape index (κ1) is 19.9. The van der Waals surface area contributed by atoms with E-state index in [2.05, 4.69) is 70.7 Å². The van der Waals surface area contributed by atoms with Crippen LogP contribution < -0.4 is 5.19 Å². The summed E-state index contributed by atoms with van der Waals surface area (Å²) >= 11 is 0. The van der Waals surface area contributed by atoms with E-state index in [4.69, 9.17) is 4.98 Å². The SMILES string of the molecule is CCCCCCc1c(C)nc(-c2ccccc2)c(CC)c1[Si](C)(C)C. The molecule has 0 aliphatic carbocycles. The largest absolute Gasteiger partial charge is 0.253 e. The number of nitrogens with zero attached hydrogens (tertiary/aromatic N) is 1. The molecule has 2 heteroatoms. The molecule has 25 heavy (non-hydrogen) atoms. The fourth-order valence-corrected chi connectivity index (χ4v) is 6.31. The van der Waals surface area contributed by atoms with Crippen LogP contribution in [0.25, 0.3) is 11.3 Å². The molecule has 0 N–H and O–H groups in total. The van der Waals surface area contributed by atoms with E-state index in [1.165, 1.54) is 54.6 Å². The Kier molecular flexibility index (Phi) is 7.01. The van der Waals surface area contributed by atoms with Crippen molar-refractivity contribution in [3.05, 3.63) is 47.2 Å². The van der Waals surface area contributed by atoms with Gasteiger partial charge in [-0.1, -0.05) is 83.1 Å². The lowest BCUT2D eigenvalue weighted by molar-refractivity contribution is 0.665. The third-order valence-corrected chi connectivity index (χ3v) is 7.14. The van der Waals surface area contributed by atoms with E-state index in [1.807, 2.05) is 0 Å². The minimum Gasteiger partial charge on any atom is -0.253 e. The molecule has 0 spiro atoms. The van der Waals surface area contributed by atoms with Crippen molar-refractivity contribution < 1.29 is 0 Å². The van der Waals surface area contributed by atoms with Crippen molar-refractivity contribution in [1.29, 1.82) is 0 Å². The van der Waals surface area contributed by atoms with Crippen LogP contribution in [-0.4, -0.2) is 13.1 Å². The summed E-state index contributed by atoms with van der Waals surface area (Å²) < 4.78 is 0. The number of unbranched alkanes of at least 4 members (excludes halogenated alkanes) is 3. The number of hydrogen-bond acceptors (Lipinski definition) is 1. The van der Waals surface area contributed by atoms with Crippen LogP contribution in [0.15, 0.2) is 30.3 Å². The van der Waals surface area contributed by atoms with Crippen LogP contribution in [0.4, 0.5) is 0 Å². The van der Waals surface area contributed by atoms with E-state index >= 15 is 0 Å². The maximum atomic E-state index is 5.11. The smallest absolute Gasteiger partial charge is 0.0785 e. The van der Waals surface area contributed by atoms with Crippen LogP contribution in [0, 0.1) is 6.92 Å². The van der Waals surface area contributed by atoms with Crippen molar-refractivity contribution >= 4 is 13.3 Å². The van der Waals surface area contributed by atoms with E-state index < -0.39 is 8.07 Å². The molecule has 1 heterocycles. The molecule has 0 amide bonds. The van der Waals surface area contributed by atoms with Gasteiger partial charge in [-0.15, -0.1) is 0 Å². The van der Waals surface area contributed by atoms with Crippen molar-refractivity contribution in [2.24, 2.45) is 0 Å². The highest BCUT2D eigenvalue weighted by atomic mass is 28.3. The molecule has 0 fully saturated rings. The molecule has 0 saturated heterocycles. The Morgan fingerprint density at radius 1 is 0.880 bits per heavy atom. The van der Waals surface area contributed by atoms with E-state index in [0.717, 1.165) is 6.42 Å². The quantitative estimate of drug-likeness (QED) is 0.401. The normalized spacial score (nSPS) is 11.8. The summed E-state index contributed by atoms with van der Waals surface area (Å²) in [6.45, 7) is 14.3. The van der Waals surface area contributed by atoms with Gasteiger partial charge in [0.15, 0.2) is 0 Å². The third-order valence-electron chi connectivity index (χ3n) is 5.04. The standard InChI is InChI=1S/C23H35NSi/c1-7-9-10-14-17-21-18(3)24-22(19-15-12-11-13-16-19)20(8-2)23(21)25(4,5)6/h11-13,15-16H,7-10,14,17H2,1-6H3. The molecule has 1 aromatic carbocycles. The van der Waals surface area contributed by atoms with Crippen LogP contribution in [-0.2, 0) is 12.8 Å². The molecular formula is C23H35NSi. The van der Waals surface area contributed by atoms with Gasteiger partial charge in [0.25, 0.3) is 0 Å². The Labute approximate surface area is 155 Å². The fourth-order valence-electron chi connectivity index (χ4n) is 3.90. The van der Waals surface area contributed by atoms with Crippen LogP contribution in [0.5, 0.6) is 0 Å². The first-order valence-corrected chi connectivity index (χ1v) is 13.5. The van der Waals surface area contributed by atoms with E-state index in [0.29, 0.717) is 0 Å². The van der Waals surface area contributed by atoms with Crippen LogP contribution in [0.1, 0.15) is 56.4 Å². The van der Waals surface area contributed by atoms with Crippen molar-refractivity contribution in [2.75, 3.05) is 0 Å². The molecule has 0 saturated carbocycles. The molecule has 0 radical (unpaired) electrons. The number of aryl methyl sites for hydroxylation is 1. The molecule has 136 valence electrons. The van der Waals surface area contributed by atoms with Gasteiger partial charge in [-0.3, -0.25) is 4.98 Å². The maximum Gasteiger partial charge on any atom is 0.0785 e. The molecule has 0 aliphatic heterocycles. The second-order valence-corrected chi connectivity index (χ2v) is 13.2. The summed E-state index contributed by atoms with van der Waals surface area (Å²) in [6.07, 6.45) is 7.53. The molecule has 1 nitrogen and oxygen atoms in total. The molecule has 0 atom stereocenters. The summed E-state index contributed by atoms with van der Waals surface area (Å²) in [5.74, 6) is 0. The molecule has 0 bridgehead atoms. The van der Waals surface area contributed by atoms with E-state index in [9.17, 15) is 0 Å². The highest BCUT2D eigenvalue weighted by molar-refractivity contribution is 6.89. The molecule has 2 rings (SSSR count). The first-order chi connectivity index (χ1) is 11.9. The minimum atomic E-state index is -1.45. The fraction of sp³-hybridized carbons (Fsp3) is 0.522. The van der Waals surface area contributed by atoms with E-state index in [1.54, 1.807) is 10.8 Å². The van der Waals surface area contributed by atoms with Gasteiger partial charge in [0.05, 0.1) is 13.8 Å². The van der Waals surface area contributed by atoms with Gasteiger partial charge in [-0.05, 0) is 42.5 Å². The Morgan fingerprint density at radius 3 is 2.12 bits per heavy atom. The zero-order chi connectivity index (χ0) is 18.4. The number of benzene rings is 1. The lowest BCUT2D eigenvalue weighted by Crippen LogP contribution is -2.44. The average molecular weight is 354 g/mol. The number of hydrogen-bond donors (Lipinski definition) is 0. The van der Waals surface area contributed by atoms with Crippen molar-refractivity contribution in [3.8, 4) is 11.3 Å². The monoisotopic (exact) mass is 353 g/mol.